The van der Waals surface area contributed by atoms with Gasteiger partial charge < -0.3 is 9.84 Å². The number of allylic oxidation sites excluding steroid dienone is 3. The van der Waals surface area contributed by atoms with Crippen molar-refractivity contribution in [2.45, 2.75) is 20.8 Å². The van der Waals surface area contributed by atoms with E-state index in [0.29, 0.717) is 5.76 Å². The summed E-state index contributed by atoms with van der Waals surface area (Å²) >= 11 is 0. The molecule has 26 heavy (non-hydrogen) atoms. The lowest BCUT2D eigenvalue weighted by Gasteiger charge is -2.19. The summed E-state index contributed by atoms with van der Waals surface area (Å²) in [5, 5.41) is 9.60. The number of phenols is 1. The van der Waals surface area contributed by atoms with Gasteiger partial charge in [0.05, 0.1) is 7.11 Å². The number of aromatic hydroxyl groups is 1. The van der Waals surface area contributed by atoms with Gasteiger partial charge in [0.1, 0.15) is 11.5 Å². The first-order valence-electron chi connectivity index (χ1n) is 8.68. The fraction of sp³-hybridized carbons (Fsp3) is 0.174. The zero-order valence-electron chi connectivity index (χ0n) is 15.6. The minimum atomic E-state index is -0.0922. The van der Waals surface area contributed by atoms with Crippen LogP contribution in [0.1, 0.15) is 30.5 Å². The molecular weight excluding hydrogens is 324 g/mol. The summed E-state index contributed by atoms with van der Waals surface area (Å²) in [6, 6.07) is 15.1. The third-order valence-corrected chi connectivity index (χ3v) is 4.01. The Morgan fingerprint density at radius 1 is 0.962 bits per heavy atom. The van der Waals surface area contributed by atoms with Crippen molar-refractivity contribution >= 4 is 11.4 Å². The van der Waals surface area contributed by atoms with Crippen LogP contribution in [0.25, 0.3) is 5.57 Å². The lowest BCUT2D eigenvalue weighted by molar-refractivity contribution is -0.110. The minimum Gasteiger partial charge on any atom is -0.508 e. The maximum atomic E-state index is 11.7. The van der Waals surface area contributed by atoms with E-state index in [1.807, 2.05) is 57.2 Å². The number of aryl methyl sites for hydroxylation is 1. The summed E-state index contributed by atoms with van der Waals surface area (Å²) in [7, 11) is 1.56. The Bertz CT molecular complexity index is 869. The molecule has 0 spiro atoms. The highest BCUT2D eigenvalue weighted by molar-refractivity contribution is 6.04. The molecule has 0 radical (unpaired) electrons. The Hall–Kier alpha value is -3.07. The number of benzene rings is 2. The van der Waals surface area contributed by atoms with Crippen LogP contribution in [0.3, 0.4) is 0 Å². The lowest BCUT2D eigenvalue weighted by Crippen LogP contribution is -2.05. The van der Waals surface area contributed by atoms with Gasteiger partial charge in [-0.1, -0.05) is 50.2 Å². The van der Waals surface area contributed by atoms with Gasteiger partial charge in [-0.05, 0) is 47.9 Å². The van der Waals surface area contributed by atoms with E-state index in [-0.39, 0.29) is 11.5 Å². The molecule has 3 heteroatoms. The summed E-state index contributed by atoms with van der Waals surface area (Å²) in [5.74, 6) is 0.657. The molecule has 134 valence electrons. The first kappa shape index (κ1) is 19.3. The SMILES string of the molecule is CC.COC1=CC(=O)C=C/C1=C(/c1ccc(O)cc1)c1ccccc1C. The molecule has 1 aliphatic rings. The highest BCUT2D eigenvalue weighted by atomic mass is 16.5. The molecule has 0 bridgehead atoms. The fourth-order valence-corrected chi connectivity index (χ4v) is 2.82. The summed E-state index contributed by atoms with van der Waals surface area (Å²) in [5.41, 5.74) is 4.93. The molecule has 0 aromatic heterocycles. The summed E-state index contributed by atoms with van der Waals surface area (Å²) in [6.45, 7) is 6.05. The number of methoxy groups -OCH3 is 1. The zero-order valence-corrected chi connectivity index (χ0v) is 15.6. The van der Waals surface area contributed by atoms with Crippen molar-refractivity contribution in [2.75, 3.05) is 7.11 Å². The predicted octanol–water partition coefficient (Wildman–Crippen LogP) is 5.20. The molecule has 1 aliphatic carbocycles. The van der Waals surface area contributed by atoms with Crippen molar-refractivity contribution < 1.29 is 14.6 Å². The Labute approximate surface area is 155 Å². The van der Waals surface area contributed by atoms with E-state index in [0.717, 1.165) is 27.8 Å². The Morgan fingerprint density at radius 2 is 1.62 bits per heavy atom. The molecule has 0 unspecified atom stereocenters. The molecule has 3 nitrogen and oxygen atoms in total. The van der Waals surface area contributed by atoms with Crippen molar-refractivity contribution in [1.29, 1.82) is 0 Å². The highest BCUT2D eigenvalue weighted by Crippen LogP contribution is 2.35. The number of carbonyl (C=O) groups is 1. The second kappa shape index (κ2) is 8.86. The van der Waals surface area contributed by atoms with Crippen LogP contribution in [-0.4, -0.2) is 18.0 Å². The van der Waals surface area contributed by atoms with E-state index >= 15 is 0 Å². The molecule has 0 heterocycles. The second-order valence-electron chi connectivity index (χ2n) is 5.60. The first-order valence-corrected chi connectivity index (χ1v) is 8.68. The van der Waals surface area contributed by atoms with Crippen LogP contribution in [-0.2, 0) is 9.53 Å². The van der Waals surface area contributed by atoms with Crippen LogP contribution in [0.2, 0.25) is 0 Å². The smallest absolute Gasteiger partial charge is 0.182 e. The number of phenolic OH excluding ortho intramolecular Hbond substituents is 1. The van der Waals surface area contributed by atoms with Crippen LogP contribution in [0.5, 0.6) is 5.75 Å². The zero-order chi connectivity index (χ0) is 19.1. The third-order valence-electron chi connectivity index (χ3n) is 4.01. The Morgan fingerprint density at radius 3 is 2.23 bits per heavy atom. The molecule has 0 aliphatic heterocycles. The van der Waals surface area contributed by atoms with Crippen molar-refractivity contribution in [3.05, 3.63) is 94.8 Å². The lowest BCUT2D eigenvalue weighted by atomic mass is 9.88. The molecule has 0 fully saturated rings. The van der Waals surface area contributed by atoms with Crippen molar-refractivity contribution in [3.8, 4) is 5.75 Å². The van der Waals surface area contributed by atoms with E-state index in [1.54, 1.807) is 25.3 Å². The van der Waals surface area contributed by atoms with Gasteiger partial charge in [-0.15, -0.1) is 0 Å². The van der Waals surface area contributed by atoms with Crippen LogP contribution < -0.4 is 0 Å². The van der Waals surface area contributed by atoms with E-state index in [1.165, 1.54) is 12.2 Å². The number of rotatable bonds is 3. The van der Waals surface area contributed by atoms with Crippen LogP contribution in [0.15, 0.2) is 78.1 Å². The van der Waals surface area contributed by atoms with E-state index in [2.05, 4.69) is 0 Å². The van der Waals surface area contributed by atoms with E-state index in [9.17, 15) is 9.90 Å². The minimum absolute atomic E-state index is 0.0922. The van der Waals surface area contributed by atoms with Gasteiger partial charge in [-0.25, -0.2) is 0 Å². The summed E-state index contributed by atoms with van der Waals surface area (Å²) in [6.07, 6.45) is 4.82. The van der Waals surface area contributed by atoms with Gasteiger partial charge in [0.15, 0.2) is 5.78 Å². The molecule has 0 saturated heterocycles. The van der Waals surface area contributed by atoms with Gasteiger partial charge in [0.2, 0.25) is 0 Å². The van der Waals surface area contributed by atoms with Crippen molar-refractivity contribution in [1.82, 2.24) is 0 Å². The van der Waals surface area contributed by atoms with Crippen LogP contribution >= 0.6 is 0 Å². The average Bonchev–Trinajstić information content (AvgIpc) is 2.67. The fourth-order valence-electron chi connectivity index (χ4n) is 2.82. The summed E-state index contributed by atoms with van der Waals surface area (Å²) in [4.78, 5) is 11.7. The normalized spacial score (nSPS) is 14.9. The van der Waals surface area contributed by atoms with Crippen LogP contribution in [0, 0.1) is 6.92 Å². The third kappa shape index (κ3) is 4.12. The number of hydrogen-bond donors (Lipinski definition) is 1. The van der Waals surface area contributed by atoms with Gasteiger partial charge in [-0.2, -0.15) is 0 Å². The monoisotopic (exact) mass is 348 g/mol. The van der Waals surface area contributed by atoms with Gasteiger partial charge in [0.25, 0.3) is 0 Å². The van der Waals surface area contributed by atoms with Gasteiger partial charge >= 0.3 is 0 Å². The Balaban J connectivity index is 0.00000117. The number of hydrogen-bond acceptors (Lipinski definition) is 3. The molecule has 2 aromatic rings. The summed E-state index contributed by atoms with van der Waals surface area (Å²) < 4.78 is 5.44. The first-order chi connectivity index (χ1) is 12.6. The maximum absolute atomic E-state index is 11.7. The molecule has 3 rings (SSSR count). The quantitative estimate of drug-likeness (QED) is 0.829. The molecule has 0 saturated carbocycles. The molecular formula is C23H24O3. The molecule has 0 atom stereocenters. The molecule has 0 amide bonds. The largest absolute Gasteiger partial charge is 0.508 e. The van der Waals surface area contributed by atoms with Gasteiger partial charge in [0, 0.05) is 17.2 Å². The van der Waals surface area contributed by atoms with Gasteiger partial charge in [-0.3, -0.25) is 4.79 Å². The molecule has 2 aromatic carbocycles. The maximum Gasteiger partial charge on any atom is 0.182 e. The standard InChI is InChI=1S/C21H18O3.C2H6/c1-14-5-3-4-6-18(14)21(15-7-9-16(22)10-8-15)19-12-11-17(23)13-20(19)24-2;1-2/h3-13,22H,1-2H3;1-2H3/b21-19+;. The number of ether oxygens (including phenoxy) is 1. The van der Waals surface area contributed by atoms with Crippen LogP contribution in [0.4, 0.5) is 0 Å². The van der Waals surface area contributed by atoms with Crippen molar-refractivity contribution in [2.24, 2.45) is 0 Å². The predicted molar refractivity (Wildman–Crippen MR) is 106 cm³/mol. The topological polar surface area (TPSA) is 46.5 Å². The molecule has 1 N–H and O–H groups in total. The average molecular weight is 348 g/mol. The van der Waals surface area contributed by atoms with E-state index < -0.39 is 0 Å². The number of carbonyl (C=O) groups excluding carboxylic acids is 1. The highest BCUT2D eigenvalue weighted by Gasteiger charge is 2.19. The number of ketones is 1. The Kier molecular flexibility index (Phi) is 6.56. The van der Waals surface area contributed by atoms with Crippen molar-refractivity contribution in [3.63, 3.8) is 0 Å². The van der Waals surface area contributed by atoms with E-state index in [4.69, 9.17) is 4.74 Å². The second-order valence-corrected chi connectivity index (χ2v) is 5.60.